The molecule has 1 N–H and O–H groups in total. The average molecular weight is 871 g/mol. The minimum absolute atomic E-state index is 0.0522. The smallest absolute Gasteiger partial charge is 0.271 e. The Labute approximate surface area is 382 Å². The first kappa shape index (κ1) is 53.3. The van der Waals surface area contributed by atoms with Crippen molar-refractivity contribution in [1.82, 2.24) is 14.4 Å². The van der Waals surface area contributed by atoms with Crippen LogP contribution in [0.3, 0.4) is 0 Å². The molecule has 2 amide bonds. The van der Waals surface area contributed by atoms with Gasteiger partial charge < -0.3 is 14.9 Å². The Bertz CT molecular complexity index is 1720. The Kier molecular flexibility index (Phi) is 24.3. The number of azo groups is 1. The van der Waals surface area contributed by atoms with Gasteiger partial charge in [0.05, 0.1) is 5.69 Å². The van der Waals surface area contributed by atoms with E-state index in [0.717, 1.165) is 135 Å². The van der Waals surface area contributed by atoms with E-state index in [0.29, 0.717) is 66.7 Å². The molecule has 1 aliphatic carbocycles. The van der Waals surface area contributed by atoms with Crippen LogP contribution in [0, 0.1) is 41.9 Å². The Hall–Kier alpha value is -4.00. The number of pyridine rings is 1. The highest BCUT2D eigenvalue weighted by molar-refractivity contribution is 6.01. The third-order valence-electron chi connectivity index (χ3n) is 14.0. The van der Waals surface area contributed by atoms with Crippen molar-refractivity contribution in [2.24, 2.45) is 33.9 Å². The van der Waals surface area contributed by atoms with E-state index in [9.17, 15) is 15.2 Å². The minimum Gasteiger partial charge on any atom is -0.493 e. The van der Waals surface area contributed by atoms with Crippen LogP contribution < -0.4 is 5.56 Å². The maximum absolute atomic E-state index is 15.1. The third kappa shape index (κ3) is 15.9. The number of rotatable bonds is 29. The number of nitrogens with zero attached hydrogens (tertiary/aromatic N) is 6. The molecule has 1 aliphatic rings. The maximum Gasteiger partial charge on any atom is 0.271 e. The van der Waals surface area contributed by atoms with Crippen LogP contribution in [0.2, 0.25) is 0 Å². The highest BCUT2D eigenvalue weighted by Gasteiger charge is 2.29. The van der Waals surface area contributed by atoms with Gasteiger partial charge in [-0.25, -0.2) is 0 Å². The van der Waals surface area contributed by atoms with E-state index in [1.165, 1.54) is 4.57 Å². The van der Waals surface area contributed by atoms with E-state index in [1.807, 2.05) is 9.80 Å². The summed E-state index contributed by atoms with van der Waals surface area (Å²) in [6, 6.07) is 7.06. The van der Waals surface area contributed by atoms with Gasteiger partial charge in [-0.3, -0.25) is 19.0 Å². The molecule has 4 atom stereocenters. The van der Waals surface area contributed by atoms with Crippen LogP contribution in [-0.2, 0) is 0 Å². The molecular formula is C53H86N6O4. The average Bonchev–Trinajstić information content (AvgIpc) is 3.30. The second-order valence-corrected chi connectivity index (χ2v) is 18.8. The van der Waals surface area contributed by atoms with Crippen LogP contribution in [0.25, 0.3) is 0 Å². The predicted molar refractivity (Wildman–Crippen MR) is 260 cm³/mol. The van der Waals surface area contributed by atoms with Crippen molar-refractivity contribution in [3.63, 3.8) is 0 Å². The summed E-state index contributed by atoms with van der Waals surface area (Å²) in [6.07, 6.45) is 21.4. The lowest BCUT2D eigenvalue weighted by Crippen LogP contribution is -2.40. The van der Waals surface area contributed by atoms with Crippen LogP contribution in [-0.4, -0.2) is 57.5 Å². The van der Waals surface area contributed by atoms with E-state index >= 15 is 9.59 Å². The number of benzene rings is 1. The molecule has 1 saturated carbocycles. The van der Waals surface area contributed by atoms with Gasteiger partial charge >= 0.3 is 0 Å². The third-order valence-corrected chi connectivity index (χ3v) is 14.0. The van der Waals surface area contributed by atoms with Gasteiger partial charge in [0, 0.05) is 48.9 Å². The number of aromatic nitrogens is 1. The Morgan fingerprint density at radius 3 is 1.43 bits per heavy atom. The topological polar surface area (TPSA) is 131 Å². The summed E-state index contributed by atoms with van der Waals surface area (Å²) in [4.78, 5) is 47.9. The van der Waals surface area contributed by atoms with Crippen LogP contribution in [0.5, 0.6) is 5.88 Å². The van der Waals surface area contributed by atoms with Gasteiger partial charge in [0.1, 0.15) is 11.6 Å². The summed E-state index contributed by atoms with van der Waals surface area (Å²) in [5.74, 6) is 0.913. The largest absolute Gasteiger partial charge is 0.493 e. The molecule has 0 spiro atoms. The molecule has 0 bridgehead atoms. The first-order chi connectivity index (χ1) is 30.4. The highest BCUT2D eigenvalue weighted by Crippen LogP contribution is 2.38. The monoisotopic (exact) mass is 871 g/mol. The molecule has 2 aromatic rings. The minimum atomic E-state index is -0.513. The van der Waals surface area contributed by atoms with Crippen LogP contribution in [0.15, 0.2) is 33.2 Å². The van der Waals surface area contributed by atoms with Crippen molar-refractivity contribution in [2.75, 3.05) is 26.2 Å². The molecule has 10 heteroatoms. The van der Waals surface area contributed by atoms with Crippen molar-refractivity contribution in [2.45, 2.75) is 203 Å². The first-order valence-corrected chi connectivity index (χ1v) is 25.5. The second kappa shape index (κ2) is 28.7. The number of carbonyl (C=O) groups excluding carboxylic acids is 2. The van der Waals surface area contributed by atoms with Crippen molar-refractivity contribution < 1.29 is 14.7 Å². The first-order valence-electron chi connectivity index (χ1n) is 25.5. The molecule has 10 nitrogen and oxygen atoms in total. The number of hydrogen-bond acceptors (Lipinski definition) is 7. The maximum atomic E-state index is 15.1. The lowest BCUT2D eigenvalue weighted by molar-refractivity contribution is 0.0682. The molecule has 352 valence electrons. The number of unbranched alkanes of at least 4 members (excludes halogenated alkanes) is 4. The zero-order valence-corrected chi connectivity index (χ0v) is 41.2. The SMILES string of the molecule is CCCCC(CC)CN(CC(CC)CCCC)C(=O)c1cc(/N=N/c2c(C)c(C#N)c(=O)n(C3CCCCC3)c2O)cc(C(=O)N(CC(CC)CCCC)CC(CC)CCCC)c1. The fourth-order valence-corrected chi connectivity index (χ4v) is 9.49. The van der Waals surface area contributed by atoms with E-state index in [2.05, 4.69) is 71.7 Å². The lowest BCUT2D eigenvalue weighted by Gasteiger charge is -2.32. The van der Waals surface area contributed by atoms with Crippen LogP contribution >= 0.6 is 0 Å². The summed E-state index contributed by atoms with van der Waals surface area (Å²) in [5.41, 5.74) is 0.825. The number of aromatic hydroxyl groups is 1. The fraction of sp³-hybridized carbons (Fsp3) is 0.736. The molecule has 4 unspecified atom stereocenters. The van der Waals surface area contributed by atoms with Gasteiger partial charge in [0.2, 0.25) is 5.88 Å². The lowest BCUT2D eigenvalue weighted by atomic mass is 9.94. The van der Waals surface area contributed by atoms with Crippen LogP contribution in [0.4, 0.5) is 11.4 Å². The molecule has 0 aliphatic heterocycles. The molecule has 1 aromatic carbocycles. The fourth-order valence-electron chi connectivity index (χ4n) is 9.49. The molecule has 0 radical (unpaired) electrons. The standard InChI is InChI=1S/C53H86N6O4/c1-10-18-25-40(14-5)35-57(36-41(15-6)26-19-11-2)50(60)44-31-45(51(61)58(37-42(16-7)27-20-12-3)38-43(17-8)28-21-13-4)33-46(32-44)55-56-49-39(9)48(34-54)52(62)59(53(49)63)47-29-23-22-24-30-47/h31-33,40-43,47,63H,10-30,35-38H2,1-9H3/b56-55+. The summed E-state index contributed by atoms with van der Waals surface area (Å²) in [5, 5.41) is 31.0. The predicted octanol–water partition coefficient (Wildman–Crippen LogP) is 14.4. The van der Waals surface area contributed by atoms with Crippen molar-refractivity contribution in [1.29, 1.82) is 5.26 Å². The highest BCUT2D eigenvalue weighted by atomic mass is 16.3. The number of amides is 2. The van der Waals surface area contributed by atoms with Crippen molar-refractivity contribution in [3.8, 4) is 11.9 Å². The summed E-state index contributed by atoms with van der Waals surface area (Å²) in [6.45, 7) is 21.9. The number of carbonyl (C=O) groups is 2. The van der Waals surface area contributed by atoms with Gasteiger partial charge in [0.25, 0.3) is 17.4 Å². The van der Waals surface area contributed by atoms with Gasteiger partial charge in [-0.2, -0.15) is 10.4 Å². The Balaban J connectivity index is 2.29. The van der Waals surface area contributed by atoms with Gasteiger partial charge in [0.15, 0.2) is 5.69 Å². The van der Waals surface area contributed by atoms with E-state index in [4.69, 9.17) is 0 Å². The van der Waals surface area contributed by atoms with Crippen LogP contribution in [0.1, 0.15) is 228 Å². The summed E-state index contributed by atoms with van der Waals surface area (Å²) < 4.78 is 1.33. The molecule has 1 heterocycles. The number of nitriles is 1. The molecular weight excluding hydrogens is 785 g/mol. The quantitative estimate of drug-likeness (QED) is 0.0813. The molecule has 1 fully saturated rings. The molecule has 3 rings (SSSR count). The van der Waals surface area contributed by atoms with Crippen molar-refractivity contribution in [3.05, 3.63) is 50.8 Å². The zero-order chi connectivity index (χ0) is 46.3. The molecule has 63 heavy (non-hydrogen) atoms. The van der Waals surface area contributed by atoms with Gasteiger partial charge in [-0.15, -0.1) is 5.11 Å². The van der Waals surface area contributed by atoms with Gasteiger partial charge in [-0.05, 0) is 87.3 Å². The molecule has 1 aromatic heterocycles. The Morgan fingerprint density at radius 1 is 0.683 bits per heavy atom. The van der Waals surface area contributed by atoms with E-state index < -0.39 is 5.56 Å². The number of hydrogen-bond donors (Lipinski definition) is 1. The second-order valence-electron chi connectivity index (χ2n) is 18.8. The van der Waals surface area contributed by atoms with Gasteiger partial charge in [-0.1, -0.05) is 152 Å². The zero-order valence-electron chi connectivity index (χ0n) is 41.2. The normalized spacial score (nSPS) is 15.2. The summed E-state index contributed by atoms with van der Waals surface area (Å²) >= 11 is 0. The van der Waals surface area contributed by atoms with Crippen molar-refractivity contribution >= 4 is 23.2 Å². The molecule has 0 saturated heterocycles. The van der Waals surface area contributed by atoms with E-state index in [1.54, 1.807) is 25.1 Å². The summed E-state index contributed by atoms with van der Waals surface area (Å²) in [7, 11) is 0. The van der Waals surface area contributed by atoms with E-state index in [-0.39, 0.29) is 40.6 Å². The Morgan fingerprint density at radius 2 is 1.08 bits per heavy atom.